The van der Waals surface area contributed by atoms with Crippen molar-refractivity contribution in [2.24, 2.45) is 0 Å². The van der Waals surface area contributed by atoms with Crippen molar-refractivity contribution in [3.63, 3.8) is 0 Å². The summed E-state index contributed by atoms with van der Waals surface area (Å²) in [6.45, 7) is 1.48. The van der Waals surface area contributed by atoms with Crippen molar-refractivity contribution in [3.05, 3.63) is 58.9 Å². The molecule has 0 amide bonds. The molecule has 5 rings (SSSR count). The zero-order chi connectivity index (χ0) is 17.5. The molecule has 1 aromatic carbocycles. The van der Waals surface area contributed by atoms with E-state index in [1.54, 1.807) is 34.8 Å². The van der Waals surface area contributed by atoms with Gasteiger partial charge in [-0.2, -0.15) is 0 Å². The van der Waals surface area contributed by atoms with Gasteiger partial charge in [-0.1, -0.05) is 22.6 Å². The van der Waals surface area contributed by atoms with Crippen molar-refractivity contribution in [2.75, 3.05) is 11.4 Å². The number of aromatic nitrogens is 3. The molecule has 0 atom stereocenters. The molecule has 0 fully saturated rings. The molecule has 0 bridgehead atoms. The largest absolute Gasteiger partial charge is 0.356 e. The molecule has 0 aliphatic carbocycles. The van der Waals surface area contributed by atoms with Crippen LogP contribution in [0, 0.1) is 5.82 Å². The molecule has 0 saturated heterocycles. The van der Waals surface area contributed by atoms with E-state index in [1.165, 1.54) is 12.1 Å². The first-order valence-corrected chi connectivity index (χ1v) is 9.83. The maximum Gasteiger partial charge on any atom is 0.208 e. The van der Waals surface area contributed by atoms with Crippen molar-refractivity contribution in [3.8, 4) is 21.2 Å². The third-order valence-corrected chi connectivity index (χ3v) is 6.38. The summed E-state index contributed by atoms with van der Waals surface area (Å²) in [6, 6.07) is 10.4. The van der Waals surface area contributed by atoms with E-state index < -0.39 is 0 Å². The molecule has 130 valence electrons. The molecule has 26 heavy (non-hydrogen) atoms. The van der Waals surface area contributed by atoms with Gasteiger partial charge in [0, 0.05) is 24.1 Å². The molecule has 0 N–H and O–H groups in total. The summed E-state index contributed by atoms with van der Waals surface area (Å²) in [4.78, 5) is 3.32. The Morgan fingerprint density at radius 1 is 1.12 bits per heavy atom. The molecule has 0 unspecified atom stereocenters. The Kier molecular flexibility index (Phi) is 3.79. The zero-order valence-electron chi connectivity index (χ0n) is 13.6. The lowest BCUT2D eigenvalue weighted by Crippen LogP contribution is -2.30. The molecule has 4 aromatic rings. The van der Waals surface area contributed by atoms with Crippen molar-refractivity contribution in [2.45, 2.75) is 13.0 Å². The van der Waals surface area contributed by atoms with Crippen LogP contribution in [0.4, 0.5) is 9.52 Å². The van der Waals surface area contributed by atoms with Gasteiger partial charge in [0.1, 0.15) is 5.82 Å². The summed E-state index contributed by atoms with van der Waals surface area (Å²) < 4.78 is 18.8. The minimum absolute atomic E-state index is 0.265. The standard InChI is InChI=1S/C18H13FN4OS2/c19-12-5-3-11(4-6-12)16-13-10-23(8-7-14(13)22-24-16)18-21-20-17(26-18)15-2-1-9-25-15/h1-6,9H,7-8,10H2. The third kappa shape index (κ3) is 2.71. The Bertz CT molecular complexity index is 1040. The highest BCUT2D eigenvalue weighted by atomic mass is 32.1. The van der Waals surface area contributed by atoms with E-state index in [9.17, 15) is 4.39 Å². The van der Waals surface area contributed by atoms with Crippen LogP contribution >= 0.6 is 22.7 Å². The quantitative estimate of drug-likeness (QED) is 0.516. The summed E-state index contributed by atoms with van der Waals surface area (Å²) in [7, 11) is 0. The summed E-state index contributed by atoms with van der Waals surface area (Å²) in [5.41, 5.74) is 2.83. The average molecular weight is 384 g/mol. The van der Waals surface area contributed by atoms with E-state index in [0.29, 0.717) is 12.3 Å². The first kappa shape index (κ1) is 15.7. The fraction of sp³-hybridized carbons (Fsp3) is 0.167. The van der Waals surface area contributed by atoms with Crippen molar-refractivity contribution < 1.29 is 8.91 Å². The number of benzene rings is 1. The van der Waals surface area contributed by atoms with E-state index in [2.05, 4.69) is 26.3 Å². The number of hydrogen-bond acceptors (Lipinski definition) is 7. The highest BCUT2D eigenvalue weighted by molar-refractivity contribution is 7.22. The summed E-state index contributed by atoms with van der Waals surface area (Å²) >= 11 is 3.25. The predicted octanol–water partition coefficient (Wildman–Crippen LogP) is 4.62. The van der Waals surface area contributed by atoms with Gasteiger partial charge in [0.2, 0.25) is 5.13 Å². The smallest absolute Gasteiger partial charge is 0.208 e. The fourth-order valence-corrected chi connectivity index (χ4v) is 4.71. The van der Waals surface area contributed by atoms with Gasteiger partial charge in [0.05, 0.1) is 17.1 Å². The number of nitrogens with zero attached hydrogens (tertiary/aromatic N) is 4. The van der Waals surface area contributed by atoms with Gasteiger partial charge >= 0.3 is 0 Å². The molecule has 5 nitrogen and oxygen atoms in total. The first-order chi connectivity index (χ1) is 12.8. The van der Waals surface area contributed by atoms with Gasteiger partial charge in [-0.25, -0.2) is 4.39 Å². The summed E-state index contributed by atoms with van der Waals surface area (Å²) in [5, 5.41) is 16.8. The Morgan fingerprint density at radius 2 is 2.00 bits per heavy atom. The van der Waals surface area contributed by atoms with Gasteiger partial charge in [0.15, 0.2) is 10.8 Å². The minimum Gasteiger partial charge on any atom is -0.356 e. The van der Waals surface area contributed by atoms with Crippen LogP contribution in [0.15, 0.2) is 46.3 Å². The number of thiophene rings is 1. The Hall–Kier alpha value is -2.58. The second-order valence-corrected chi connectivity index (χ2v) is 7.89. The second kappa shape index (κ2) is 6.30. The second-order valence-electron chi connectivity index (χ2n) is 5.98. The van der Waals surface area contributed by atoms with Crippen LogP contribution in [0.2, 0.25) is 0 Å². The molecule has 1 aliphatic heterocycles. The lowest BCUT2D eigenvalue weighted by molar-refractivity contribution is 0.424. The lowest BCUT2D eigenvalue weighted by Gasteiger charge is -2.25. The van der Waals surface area contributed by atoms with Gasteiger partial charge in [-0.15, -0.1) is 21.5 Å². The molecule has 0 radical (unpaired) electrons. The van der Waals surface area contributed by atoms with Crippen LogP contribution < -0.4 is 4.90 Å². The van der Waals surface area contributed by atoms with Crippen LogP contribution in [-0.4, -0.2) is 21.9 Å². The maximum atomic E-state index is 13.2. The van der Waals surface area contributed by atoms with Gasteiger partial charge in [-0.05, 0) is 35.7 Å². The van der Waals surface area contributed by atoms with Crippen LogP contribution in [0.1, 0.15) is 11.3 Å². The normalized spacial score (nSPS) is 13.8. The van der Waals surface area contributed by atoms with Crippen molar-refractivity contribution in [1.82, 2.24) is 15.4 Å². The Morgan fingerprint density at radius 3 is 2.81 bits per heavy atom. The minimum atomic E-state index is -0.265. The highest BCUT2D eigenvalue weighted by Gasteiger charge is 2.27. The SMILES string of the molecule is Fc1ccc(-c2onc3c2CN(c2nnc(-c4cccs4)s2)CC3)cc1. The van der Waals surface area contributed by atoms with E-state index in [1.807, 2.05) is 11.4 Å². The Labute approximate surface area is 156 Å². The van der Waals surface area contributed by atoms with Gasteiger partial charge in [-0.3, -0.25) is 0 Å². The van der Waals surface area contributed by atoms with Crippen LogP contribution in [0.5, 0.6) is 0 Å². The van der Waals surface area contributed by atoms with Gasteiger partial charge < -0.3 is 9.42 Å². The van der Waals surface area contributed by atoms with Crippen LogP contribution in [-0.2, 0) is 13.0 Å². The molecule has 4 heterocycles. The van der Waals surface area contributed by atoms with Gasteiger partial charge in [0.25, 0.3) is 0 Å². The number of halogens is 1. The topological polar surface area (TPSA) is 55.1 Å². The molecule has 0 spiro atoms. The van der Waals surface area contributed by atoms with Crippen molar-refractivity contribution >= 4 is 27.8 Å². The molecule has 3 aromatic heterocycles. The number of hydrogen-bond donors (Lipinski definition) is 0. The van der Waals surface area contributed by atoms with Crippen LogP contribution in [0.25, 0.3) is 21.2 Å². The lowest BCUT2D eigenvalue weighted by atomic mass is 10.0. The molecular weight excluding hydrogens is 371 g/mol. The van der Waals surface area contributed by atoms with E-state index >= 15 is 0 Å². The number of rotatable bonds is 3. The van der Waals surface area contributed by atoms with E-state index in [-0.39, 0.29) is 5.82 Å². The third-order valence-electron chi connectivity index (χ3n) is 4.36. The number of fused-ring (bicyclic) bond motifs is 1. The summed E-state index contributed by atoms with van der Waals surface area (Å²) in [5.74, 6) is 0.437. The van der Waals surface area contributed by atoms with E-state index in [4.69, 9.17) is 4.52 Å². The molecule has 8 heteroatoms. The molecular formula is C18H13FN4OS2. The van der Waals surface area contributed by atoms with Crippen molar-refractivity contribution in [1.29, 1.82) is 0 Å². The predicted molar refractivity (Wildman–Crippen MR) is 99.9 cm³/mol. The maximum absolute atomic E-state index is 13.2. The number of anilines is 1. The average Bonchev–Trinajstić information content (AvgIpc) is 3.41. The zero-order valence-corrected chi connectivity index (χ0v) is 15.2. The fourth-order valence-electron chi connectivity index (χ4n) is 3.05. The molecule has 0 saturated carbocycles. The highest BCUT2D eigenvalue weighted by Crippen LogP contribution is 2.36. The summed E-state index contributed by atoms with van der Waals surface area (Å²) in [6.07, 6.45) is 0.786. The van der Waals surface area contributed by atoms with Crippen LogP contribution in [0.3, 0.4) is 0 Å². The monoisotopic (exact) mass is 384 g/mol. The van der Waals surface area contributed by atoms with E-state index in [0.717, 1.165) is 44.8 Å². The molecule has 1 aliphatic rings. The first-order valence-electron chi connectivity index (χ1n) is 8.13. The Balaban J connectivity index is 1.45.